The molecule has 0 unspecified atom stereocenters. The Morgan fingerprint density at radius 1 is 1.00 bits per heavy atom. The third-order valence-electron chi connectivity index (χ3n) is 4.21. The molecule has 4 nitrogen and oxygen atoms in total. The number of allylic oxidation sites excluding steroid dienone is 2. The van der Waals surface area contributed by atoms with Gasteiger partial charge >= 0.3 is 0 Å². The molecule has 6 N–H and O–H groups in total. The van der Waals surface area contributed by atoms with Gasteiger partial charge in [-0.2, -0.15) is 0 Å². The number of phenols is 1. The SMILES string of the molecule is CC(C)(C)c1cc(N)c(O)c(C(C)(C)C)c1.C[C@@]1(N)C=CC=CC1=N. The van der Waals surface area contributed by atoms with E-state index in [9.17, 15) is 5.11 Å². The highest BCUT2D eigenvalue weighted by atomic mass is 16.3. The fourth-order valence-corrected chi connectivity index (χ4v) is 2.34. The minimum atomic E-state index is -0.547. The molecule has 138 valence electrons. The van der Waals surface area contributed by atoms with Gasteiger partial charge in [0.2, 0.25) is 0 Å². The Hall–Kier alpha value is -2.07. The maximum Gasteiger partial charge on any atom is 0.142 e. The van der Waals surface area contributed by atoms with Gasteiger partial charge in [-0.15, -0.1) is 0 Å². The highest BCUT2D eigenvalue weighted by Gasteiger charge is 2.24. The monoisotopic (exact) mass is 343 g/mol. The minimum absolute atomic E-state index is 0.0435. The van der Waals surface area contributed by atoms with Crippen LogP contribution in [-0.2, 0) is 10.8 Å². The molecule has 0 radical (unpaired) electrons. The lowest BCUT2D eigenvalue weighted by molar-refractivity contribution is 0.447. The molecule has 1 atom stereocenters. The largest absolute Gasteiger partial charge is 0.505 e. The number of phenolic OH excluding ortho intramolecular Hbond substituents is 1. The first-order valence-corrected chi connectivity index (χ1v) is 8.53. The molecule has 25 heavy (non-hydrogen) atoms. The van der Waals surface area contributed by atoms with Gasteiger partial charge in [0.25, 0.3) is 0 Å². The Morgan fingerprint density at radius 2 is 1.56 bits per heavy atom. The molecule has 4 heteroatoms. The van der Waals surface area contributed by atoms with Crippen LogP contribution in [0.25, 0.3) is 0 Å². The molecule has 1 aromatic rings. The molecule has 0 spiro atoms. The van der Waals surface area contributed by atoms with Crippen LogP contribution in [0.4, 0.5) is 5.69 Å². The summed E-state index contributed by atoms with van der Waals surface area (Å²) in [6.07, 6.45) is 7.20. The van der Waals surface area contributed by atoms with Crippen molar-refractivity contribution >= 4 is 11.4 Å². The van der Waals surface area contributed by atoms with E-state index in [0.717, 1.165) is 11.1 Å². The average Bonchev–Trinajstić information content (AvgIpc) is 2.43. The molecule has 0 saturated carbocycles. The van der Waals surface area contributed by atoms with Crippen molar-refractivity contribution in [3.63, 3.8) is 0 Å². The van der Waals surface area contributed by atoms with Gasteiger partial charge in [0.1, 0.15) is 5.75 Å². The van der Waals surface area contributed by atoms with E-state index in [1.807, 2.05) is 31.2 Å². The van der Waals surface area contributed by atoms with Gasteiger partial charge in [0, 0.05) is 5.56 Å². The maximum absolute atomic E-state index is 10.00. The molecule has 0 bridgehead atoms. The van der Waals surface area contributed by atoms with Crippen molar-refractivity contribution in [2.75, 3.05) is 5.73 Å². The molecule has 1 aliphatic carbocycles. The van der Waals surface area contributed by atoms with Crippen LogP contribution >= 0.6 is 0 Å². The summed E-state index contributed by atoms with van der Waals surface area (Å²) in [5, 5.41) is 17.3. The van der Waals surface area contributed by atoms with Crippen molar-refractivity contribution in [1.29, 1.82) is 5.41 Å². The van der Waals surface area contributed by atoms with Gasteiger partial charge in [-0.1, -0.05) is 65.8 Å². The molecule has 0 fully saturated rings. The van der Waals surface area contributed by atoms with Crippen molar-refractivity contribution in [3.8, 4) is 5.75 Å². The predicted octanol–water partition coefficient (Wildman–Crippen LogP) is 4.42. The number of nitrogens with two attached hydrogens (primary N) is 2. The summed E-state index contributed by atoms with van der Waals surface area (Å²) in [6.45, 7) is 14.5. The maximum atomic E-state index is 10.00. The highest BCUT2D eigenvalue weighted by molar-refractivity contribution is 6.02. The van der Waals surface area contributed by atoms with Crippen LogP contribution in [0.15, 0.2) is 36.4 Å². The van der Waals surface area contributed by atoms with Gasteiger partial charge < -0.3 is 22.0 Å². The number of hydrogen-bond donors (Lipinski definition) is 4. The van der Waals surface area contributed by atoms with Crippen molar-refractivity contribution in [1.82, 2.24) is 0 Å². The lowest BCUT2D eigenvalue weighted by Crippen LogP contribution is -2.42. The first kappa shape index (κ1) is 21.0. The summed E-state index contributed by atoms with van der Waals surface area (Å²) < 4.78 is 0. The van der Waals surface area contributed by atoms with Gasteiger partial charge in [0.15, 0.2) is 0 Å². The summed E-state index contributed by atoms with van der Waals surface area (Å²) in [5.41, 5.74) is 13.9. The number of hydrogen-bond acceptors (Lipinski definition) is 4. The molecule has 0 aromatic heterocycles. The number of rotatable bonds is 0. The van der Waals surface area contributed by atoms with E-state index in [1.165, 1.54) is 0 Å². The predicted molar refractivity (Wildman–Crippen MR) is 109 cm³/mol. The van der Waals surface area contributed by atoms with E-state index in [0.29, 0.717) is 11.4 Å². The first-order valence-electron chi connectivity index (χ1n) is 8.53. The standard InChI is InChI=1S/C14H23NO.C7H10N2/c1-13(2,3)9-7-10(14(4,5)6)12(16)11(15)8-9;1-7(9)5-3-2-4-6(7)8/h7-8,16H,15H2,1-6H3;2-5,8H,9H2,1H3/t;7-/m.1/s1. The molecule has 1 aromatic carbocycles. The van der Waals surface area contributed by atoms with Crippen LogP contribution in [0.5, 0.6) is 5.75 Å². The summed E-state index contributed by atoms with van der Waals surface area (Å²) in [5.74, 6) is 0.223. The van der Waals surface area contributed by atoms with E-state index in [2.05, 4.69) is 47.6 Å². The second-order valence-corrected chi connectivity index (χ2v) is 8.88. The lowest BCUT2D eigenvalue weighted by atomic mass is 9.80. The van der Waals surface area contributed by atoms with Gasteiger partial charge in [-0.25, -0.2) is 0 Å². The zero-order chi connectivity index (χ0) is 19.6. The number of aromatic hydroxyl groups is 1. The van der Waals surface area contributed by atoms with Crippen molar-refractivity contribution in [3.05, 3.63) is 47.6 Å². The smallest absolute Gasteiger partial charge is 0.142 e. The molecule has 0 saturated heterocycles. The quantitative estimate of drug-likeness (QED) is 0.415. The van der Waals surface area contributed by atoms with Crippen LogP contribution in [0, 0.1) is 5.41 Å². The molecule has 0 amide bonds. The second kappa shape index (κ2) is 7.04. The molecule has 1 aliphatic rings. The number of benzene rings is 1. The Morgan fingerprint density at radius 3 is 1.92 bits per heavy atom. The van der Waals surface area contributed by atoms with Crippen LogP contribution in [0.2, 0.25) is 0 Å². The van der Waals surface area contributed by atoms with E-state index >= 15 is 0 Å². The normalized spacial score (nSPS) is 20.2. The highest BCUT2D eigenvalue weighted by Crippen LogP contribution is 2.38. The van der Waals surface area contributed by atoms with Gasteiger partial charge in [-0.3, -0.25) is 0 Å². The fourth-order valence-electron chi connectivity index (χ4n) is 2.34. The Balaban J connectivity index is 0.000000293. The van der Waals surface area contributed by atoms with Crippen LogP contribution in [0.1, 0.15) is 59.6 Å². The molecule has 2 rings (SSSR count). The van der Waals surface area contributed by atoms with Crippen molar-refractivity contribution in [2.45, 2.75) is 64.8 Å². The topological polar surface area (TPSA) is 96.1 Å². The summed E-state index contributed by atoms with van der Waals surface area (Å²) in [4.78, 5) is 0. The zero-order valence-electron chi connectivity index (χ0n) is 16.6. The number of anilines is 1. The molecular formula is C21H33N3O. The fraction of sp³-hybridized carbons (Fsp3) is 0.476. The third-order valence-corrected chi connectivity index (χ3v) is 4.21. The van der Waals surface area contributed by atoms with E-state index < -0.39 is 5.54 Å². The zero-order valence-corrected chi connectivity index (χ0v) is 16.6. The third kappa shape index (κ3) is 5.46. The Labute approximate surface area is 152 Å². The summed E-state index contributed by atoms with van der Waals surface area (Å²) >= 11 is 0. The van der Waals surface area contributed by atoms with E-state index in [4.69, 9.17) is 16.9 Å². The van der Waals surface area contributed by atoms with Crippen molar-refractivity contribution < 1.29 is 5.11 Å². The molecular weight excluding hydrogens is 310 g/mol. The van der Waals surface area contributed by atoms with Gasteiger partial charge in [0.05, 0.1) is 16.9 Å². The molecule has 0 heterocycles. The minimum Gasteiger partial charge on any atom is -0.505 e. The first-order chi connectivity index (χ1) is 11.2. The summed E-state index contributed by atoms with van der Waals surface area (Å²) in [6, 6.07) is 3.93. The van der Waals surface area contributed by atoms with Crippen LogP contribution < -0.4 is 11.5 Å². The Bertz CT molecular complexity index is 699. The van der Waals surface area contributed by atoms with E-state index in [-0.39, 0.29) is 16.6 Å². The van der Waals surface area contributed by atoms with Crippen molar-refractivity contribution in [2.24, 2.45) is 5.73 Å². The van der Waals surface area contributed by atoms with Crippen LogP contribution in [-0.4, -0.2) is 16.4 Å². The second-order valence-electron chi connectivity index (χ2n) is 8.88. The Kier molecular flexibility index (Phi) is 5.91. The number of nitrogen functional groups attached to an aromatic ring is 1. The number of nitrogens with one attached hydrogen (secondary N) is 1. The molecule has 0 aliphatic heterocycles. The van der Waals surface area contributed by atoms with Crippen LogP contribution in [0.3, 0.4) is 0 Å². The lowest BCUT2D eigenvalue weighted by Gasteiger charge is -2.26. The van der Waals surface area contributed by atoms with E-state index in [1.54, 1.807) is 6.08 Å². The van der Waals surface area contributed by atoms with Gasteiger partial charge in [-0.05, 0) is 35.5 Å². The summed E-state index contributed by atoms with van der Waals surface area (Å²) in [7, 11) is 0. The average molecular weight is 344 g/mol.